The second kappa shape index (κ2) is 26.4. The summed E-state index contributed by atoms with van der Waals surface area (Å²) in [7, 11) is 0. The molecule has 31 heteroatoms. The topological polar surface area (TPSA) is 496 Å². The Morgan fingerprint density at radius 3 is 1.87 bits per heavy atom. The first kappa shape index (κ1) is 70.7. The summed E-state index contributed by atoms with van der Waals surface area (Å²) in [6.07, 6.45) is -36.5. The van der Waals surface area contributed by atoms with Crippen LogP contribution in [0.3, 0.4) is 0 Å². The minimum Gasteiger partial charge on any atom is -0.479 e. The Hall–Kier alpha value is -3.14. The first-order chi connectivity index (χ1) is 42.7. The summed E-state index contributed by atoms with van der Waals surface area (Å²) in [5.74, 6) is -4.85. The number of carboxylic acids is 1. The number of aldehydes is 1. The molecule has 5 aliphatic heterocycles. The van der Waals surface area contributed by atoms with Gasteiger partial charge in [0.2, 0.25) is 12.2 Å². The Morgan fingerprint density at radius 2 is 1.22 bits per heavy atom. The largest absolute Gasteiger partial charge is 0.479 e. The zero-order valence-corrected chi connectivity index (χ0v) is 51.6. The summed E-state index contributed by atoms with van der Waals surface area (Å²) in [6.45, 7) is 8.48. The second-order valence-corrected chi connectivity index (χ2v) is 28.7. The lowest BCUT2D eigenvalue weighted by atomic mass is 9.33. The van der Waals surface area contributed by atoms with Gasteiger partial charge in [-0.3, -0.25) is 9.59 Å². The van der Waals surface area contributed by atoms with Gasteiger partial charge in [-0.2, -0.15) is 0 Å². The predicted molar refractivity (Wildman–Crippen MR) is 299 cm³/mol. The van der Waals surface area contributed by atoms with E-state index in [9.17, 15) is 96.1 Å². The zero-order chi connectivity index (χ0) is 66.6. The average molecular weight is 1310 g/mol. The minimum absolute atomic E-state index is 0.0706. The number of hydrogen-bond acceptors (Lipinski definition) is 29. The van der Waals surface area contributed by atoms with E-state index < -0.39 is 243 Å². The molecule has 5 saturated heterocycles. The molecular weight excluding hydrogens is 1210 g/mol. The van der Waals surface area contributed by atoms with Crippen molar-refractivity contribution in [2.24, 2.45) is 50.2 Å². The average Bonchev–Trinajstić information content (AvgIpc) is 0.916. The van der Waals surface area contributed by atoms with Crippen LogP contribution >= 0.6 is 0 Å². The van der Waals surface area contributed by atoms with E-state index in [-0.39, 0.29) is 30.6 Å². The quantitative estimate of drug-likeness (QED) is 0.0279. The van der Waals surface area contributed by atoms with E-state index in [1.165, 1.54) is 0 Å². The summed E-state index contributed by atoms with van der Waals surface area (Å²) in [5, 5.41) is 175. The lowest BCUT2D eigenvalue weighted by Crippen LogP contribution is -2.69. The number of fused-ring (bicyclic) bond motifs is 7. The number of carbonyl (C=O) groups is 4. The van der Waals surface area contributed by atoms with E-state index in [0.29, 0.717) is 38.5 Å². The van der Waals surface area contributed by atoms with Crippen molar-refractivity contribution in [3.8, 4) is 0 Å². The maximum Gasteiger partial charge on any atom is 0.335 e. The van der Waals surface area contributed by atoms with Crippen molar-refractivity contribution in [1.82, 2.24) is 5.32 Å². The molecule has 0 bridgehead atoms. The van der Waals surface area contributed by atoms with Crippen molar-refractivity contribution >= 4 is 24.1 Å². The number of aliphatic carboxylic acids is 1. The molecule has 0 radical (unpaired) electrons. The Morgan fingerprint density at radius 1 is 0.615 bits per heavy atom. The molecule has 4 saturated carbocycles. The summed E-state index contributed by atoms with van der Waals surface area (Å²) in [5.41, 5.74) is -4.55. The van der Waals surface area contributed by atoms with Crippen molar-refractivity contribution in [2.75, 3.05) is 33.0 Å². The molecule has 5 heterocycles. The van der Waals surface area contributed by atoms with Crippen molar-refractivity contribution in [3.05, 3.63) is 11.6 Å². The Bertz CT molecular complexity index is 2650. The molecule has 10 rings (SSSR count). The highest BCUT2D eigenvalue weighted by atomic mass is 16.8. The molecule has 5 aliphatic carbocycles. The Kier molecular flexibility index (Phi) is 20.5. The van der Waals surface area contributed by atoms with E-state index in [2.05, 4.69) is 46.0 Å². The molecule has 10 aliphatic rings. The third-order valence-corrected chi connectivity index (χ3v) is 23.2. The molecule has 31 nitrogen and oxygen atoms in total. The molecule has 1 amide bonds. The van der Waals surface area contributed by atoms with Gasteiger partial charge in [-0.15, -0.1) is 0 Å². The fourth-order valence-corrected chi connectivity index (χ4v) is 17.8. The molecule has 518 valence electrons. The van der Waals surface area contributed by atoms with E-state index in [0.717, 1.165) is 11.9 Å². The maximum absolute atomic E-state index is 15.2. The summed E-state index contributed by atoms with van der Waals surface area (Å²) in [4.78, 5) is 55.3. The zero-order valence-electron chi connectivity index (χ0n) is 51.6. The van der Waals surface area contributed by atoms with Gasteiger partial charge in [0.1, 0.15) is 116 Å². The lowest BCUT2D eigenvalue weighted by Gasteiger charge is -2.71. The van der Waals surface area contributed by atoms with Crippen LogP contribution in [0.1, 0.15) is 99.3 Å². The Balaban J connectivity index is 0.896. The first-order valence-electron chi connectivity index (χ1n) is 31.4. The van der Waals surface area contributed by atoms with Crippen molar-refractivity contribution in [3.63, 3.8) is 0 Å². The fourth-order valence-electron chi connectivity index (χ4n) is 17.8. The predicted octanol–water partition coefficient (Wildman–Crippen LogP) is -5.57. The third-order valence-electron chi connectivity index (χ3n) is 23.2. The number of rotatable bonds is 17. The second-order valence-electron chi connectivity index (χ2n) is 28.7. The van der Waals surface area contributed by atoms with Gasteiger partial charge in [-0.05, 0) is 97.2 Å². The molecule has 0 aromatic carbocycles. The normalized spacial score (nSPS) is 52.1. The van der Waals surface area contributed by atoms with Crippen molar-refractivity contribution < 1.29 is 148 Å². The van der Waals surface area contributed by atoms with Gasteiger partial charge in [0, 0.05) is 0 Å². The van der Waals surface area contributed by atoms with E-state index in [4.69, 9.17) is 47.4 Å². The van der Waals surface area contributed by atoms with Gasteiger partial charge in [0.15, 0.2) is 31.3 Å². The number of aliphatic hydroxyl groups excluding tert-OH is 15. The third kappa shape index (κ3) is 11.9. The summed E-state index contributed by atoms with van der Waals surface area (Å²) < 4.78 is 58.6. The standard InChI is InChI=1S/C60H93NO30/c1-55(2)13-14-60(54(81)91-52-42(76)38(72)34(26(17-62)84-52)61-33(68)21-83-49-41(75)37(71)28(19-64)85-49)24(15-55)23-7-8-30-56(3)11-10-32(57(4,22-65)29(56)9-12-58(30,5)59(23,6)16-31(60)67)87-53-47(90-51-43(77)39(73)36(70)27(18-63)86-51)45(44(78)46(89-53)48(79)80)88-50-40(74)35(69)25(66)20-82-50/h7,22,24-32,34-47,49-53,62-64,66-67,69-78H,8-21H2,1-6H3,(H,61,68)(H,79,80)/t24?,25-,26?,27?,28+,29-,30?,31?,32+,34+,35+,36+,37?,38?,39+,40?,41?,42?,43?,44+,45+,46?,47?,49-,50+,51+,52+,53-,56?,57-,58+,59-,60-/m1/s1. The van der Waals surface area contributed by atoms with Crippen LogP contribution in [0.5, 0.6) is 0 Å². The number of amides is 1. The van der Waals surface area contributed by atoms with Crippen LogP contribution in [0.25, 0.3) is 0 Å². The fraction of sp³-hybridized carbons (Fsp3) is 0.900. The molecule has 91 heavy (non-hydrogen) atoms. The van der Waals surface area contributed by atoms with Crippen molar-refractivity contribution in [2.45, 2.75) is 253 Å². The number of allylic oxidation sites excluding steroid dienone is 2. The molecular formula is C60H93NO30. The van der Waals surface area contributed by atoms with E-state index >= 15 is 4.79 Å². The number of nitrogens with one attached hydrogen (secondary N) is 1. The van der Waals surface area contributed by atoms with Gasteiger partial charge >= 0.3 is 11.9 Å². The highest BCUT2D eigenvalue weighted by Crippen LogP contribution is 2.76. The number of carboxylic acid groups (broad SMARTS) is 1. The Labute approximate surface area is 524 Å². The first-order valence-corrected chi connectivity index (χ1v) is 31.4. The van der Waals surface area contributed by atoms with Gasteiger partial charge in [-0.25, -0.2) is 4.79 Å². The van der Waals surface area contributed by atoms with Crippen LogP contribution in [0.4, 0.5) is 0 Å². The number of esters is 1. The molecule has 0 aromatic heterocycles. The molecule has 14 unspecified atom stereocenters. The number of hydrogen-bond donors (Lipinski definition) is 17. The highest BCUT2D eigenvalue weighted by molar-refractivity contribution is 5.80. The molecule has 0 spiro atoms. The lowest BCUT2D eigenvalue weighted by molar-refractivity contribution is -0.391. The summed E-state index contributed by atoms with van der Waals surface area (Å²) >= 11 is 0. The van der Waals surface area contributed by atoms with Gasteiger partial charge in [0.25, 0.3) is 0 Å². The van der Waals surface area contributed by atoms with Crippen LogP contribution in [-0.4, -0.2) is 292 Å². The van der Waals surface area contributed by atoms with Crippen LogP contribution in [-0.2, 0) is 66.5 Å². The van der Waals surface area contributed by atoms with Gasteiger partial charge < -0.3 is 139 Å². The van der Waals surface area contributed by atoms with Crippen LogP contribution in [0, 0.1) is 50.2 Å². The van der Waals surface area contributed by atoms with E-state index in [1.54, 1.807) is 6.92 Å². The van der Waals surface area contributed by atoms with Gasteiger partial charge in [-0.1, -0.05) is 53.2 Å². The van der Waals surface area contributed by atoms with Crippen LogP contribution < -0.4 is 5.32 Å². The van der Waals surface area contributed by atoms with Crippen LogP contribution in [0.15, 0.2) is 11.6 Å². The molecule has 33 atom stereocenters. The minimum atomic E-state index is -2.21. The molecule has 0 aromatic rings. The van der Waals surface area contributed by atoms with Crippen LogP contribution in [0.2, 0.25) is 0 Å². The number of carbonyl (C=O) groups excluding carboxylic acids is 3. The number of aliphatic hydroxyl groups is 15. The van der Waals surface area contributed by atoms with Crippen molar-refractivity contribution in [1.29, 1.82) is 0 Å². The van der Waals surface area contributed by atoms with Gasteiger partial charge in [0.05, 0.1) is 50.1 Å². The SMILES string of the molecule is CC1(C)CC[C@]2(C(=O)O[C@@H]3OC(CO)[C@H](NC(=O)CO[C@@H]4O[C@@H](CO)C(O)C4O)C(O)C3O)C(O)C[C@]3(C)C(=CCC4C5(C)CC[C@H](O[C@@H]6OC(C(=O)O)[C@@H](O)[C@H](O[C@@H]7OC[C@@H](O)[C@H](O)C7O)C6O[C@@H]6OC(CO)[C@H](O)[C@H](O)C6O)[C@](C)(C=O)[C@@H]5CC[C@@]43C)C2C1. The monoisotopic (exact) mass is 1310 g/mol. The molecule has 9 fully saturated rings. The molecule has 17 N–H and O–H groups in total. The highest BCUT2D eigenvalue weighted by Gasteiger charge is 2.73. The smallest absolute Gasteiger partial charge is 0.335 e. The maximum atomic E-state index is 15.2. The summed E-state index contributed by atoms with van der Waals surface area (Å²) in [6, 6.07) is -1.49. The van der Waals surface area contributed by atoms with E-state index in [1.807, 2.05) is 0 Å². The number of ether oxygens (including phenoxy) is 10.